The Hall–Kier alpha value is -3.43. The number of aromatic nitrogens is 4. The zero-order valence-corrected chi connectivity index (χ0v) is 14.1. The monoisotopic (exact) mass is 343 g/mol. The first-order valence-electron chi connectivity index (χ1n) is 8.28. The van der Waals surface area contributed by atoms with Crippen molar-refractivity contribution < 1.29 is 4.74 Å². The van der Waals surface area contributed by atoms with Crippen molar-refractivity contribution in [1.82, 2.24) is 19.5 Å². The summed E-state index contributed by atoms with van der Waals surface area (Å²) in [6.07, 6.45) is 5.22. The molecule has 26 heavy (non-hydrogen) atoms. The van der Waals surface area contributed by atoms with Crippen LogP contribution in [0.2, 0.25) is 0 Å². The van der Waals surface area contributed by atoms with E-state index in [-0.39, 0.29) is 0 Å². The average Bonchev–Trinajstić information content (AvgIpc) is 3.10. The molecule has 6 heteroatoms. The maximum atomic E-state index is 6.04. The minimum Gasteiger partial charge on any atom is -0.382 e. The molecule has 4 aromatic rings. The summed E-state index contributed by atoms with van der Waals surface area (Å²) in [6.45, 7) is 1.58. The SMILES string of the molecule is Nc1nc2ccccc2c2c1ncn2CCOCC#Cc1ccncc1. The summed E-state index contributed by atoms with van der Waals surface area (Å²) in [5.74, 6) is 6.49. The van der Waals surface area contributed by atoms with Gasteiger partial charge in [0.15, 0.2) is 5.82 Å². The number of anilines is 1. The van der Waals surface area contributed by atoms with Crippen molar-refractivity contribution >= 4 is 27.8 Å². The third-order valence-corrected chi connectivity index (χ3v) is 4.04. The van der Waals surface area contributed by atoms with E-state index in [2.05, 4.69) is 26.8 Å². The molecule has 4 rings (SSSR count). The number of benzene rings is 1. The van der Waals surface area contributed by atoms with Crippen LogP contribution in [0, 0.1) is 11.8 Å². The number of imidazole rings is 1. The fraction of sp³-hybridized carbons (Fsp3) is 0.150. The van der Waals surface area contributed by atoms with Gasteiger partial charge in [0.25, 0.3) is 0 Å². The maximum Gasteiger partial charge on any atom is 0.152 e. The van der Waals surface area contributed by atoms with Gasteiger partial charge in [0.2, 0.25) is 0 Å². The minimum absolute atomic E-state index is 0.374. The van der Waals surface area contributed by atoms with Gasteiger partial charge in [0.1, 0.15) is 12.1 Å². The van der Waals surface area contributed by atoms with Crippen molar-refractivity contribution in [2.24, 2.45) is 0 Å². The van der Waals surface area contributed by atoms with E-state index < -0.39 is 0 Å². The molecule has 0 aliphatic carbocycles. The summed E-state index contributed by atoms with van der Waals surface area (Å²) >= 11 is 0. The fourth-order valence-electron chi connectivity index (χ4n) is 2.84. The molecule has 0 amide bonds. The molecule has 3 aromatic heterocycles. The van der Waals surface area contributed by atoms with Crippen LogP contribution in [0.3, 0.4) is 0 Å². The lowest BCUT2D eigenvalue weighted by Crippen LogP contribution is -2.06. The summed E-state index contributed by atoms with van der Waals surface area (Å²) in [5, 5.41) is 1.03. The Morgan fingerprint density at radius 3 is 2.85 bits per heavy atom. The number of nitrogens with two attached hydrogens (primary N) is 1. The highest BCUT2D eigenvalue weighted by Crippen LogP contribution is 2.26. The van der Waals surface area contributed by atoms with Crippen LogP contribution >= 0.6 is 0 Å². The number of hydrogen-bond acceptors (Lipinski definition) is 5. The summed E-state index contributed by atoms with van der Waals surface area (Å²) in [5.41, 5.74) is 9.55. The minimum atomic E-state index is 0.374. The van der Waals surface area contributed by atoms with Gasteiger partial charge in [-0.3, -0.25) is 4.98 Å². The van der Waals surface area contributed by atoms with Crippen molar-refractivity contribution in [2.45, 2.75) is 6.54 Å². The van der Waals surface area contributed by atoms with Crippen LogP contribution in [0.25, 0.3) is 21.9 Å². The second-order valence-corrected chi connectivity index (χ2v) is 5.74. The molecule has 0 saturated heterocycles. The summed E-state index contributed by atoms with van der Waals surface area (Å²) < 4.78 is 7.68. The molecule has 6 nitrogen and oxygen atoms in total. The molecular formula is C20H17N5O. The van der Waals surface area contributed by atoms with Gasteiger partial charge in [0.05, 0.1) is 24.0 Å². The van der Waals surface area contributed by atoms with E-state index in [9.17, 15) is 0 Å². The van der Waals surface area contributed by atoms with Gasteiger partial charge < -0.3 is 15.0 Å². The fourth-order valence-corrected chi connectivity index (χ4v) is 2.84. The molecule has 0 radical (unpaired) electrons. The van der Waals surface area contributed by atoms with Gasteiger partial charge in [0, 0.05) is 29.9 Å². The Morgan fingerprint density at radius 2 is 1.96 bits per heavy atom. The number of ether oxygens (including phenoxy) is 1. The van der Waals surface area contributed by atoms with E-state index in [0.29, 0.717) is 25.6 Å². The second kappa shape index (κ2) is 7.21. The van der Waals surface area contributed by atoms with Crippen molar-refractivity contribution in [3.05, 3.63) is 60.7 Å². The number of rotatable bonds is 4. The van der Waals surface area contributed by atoms with Crippen molar-refractivity contribution in [2.75, 3.05) is 18.9 Å². The molecule has 0 atom stereocenters. The highest BCUT2D eigenvalue weighted by molar-refractivity contribution is 6.06. The molecular weight excluding hydrogens is 326 g/mol. The van der Waals surface area contributed by atoms with Crippen LogP contribution in [0.1, 0.15) is 5.56 Å². The molecule has 0 aliphatic heterocycles. The number of hydrogen-bond donors (Lipinski definition) is 1. The molecule has 2 N–H and O–H groups in total. The van der Waals surface area contributed by atoms with E-state index in [0.717, 1.165) is 27.5 Å². The maximum absolute atomic E-state index is 6.04. The third-order valence-electron chi connectivity index (χ3n) is 4.04. The molecule has 3 heterocycles. The highest BCUT2D eigenvalue weighted by Gasteiger charge is 2.11. The average molecular weight is 343 g/mol. The summed E-state index contributed by atoms with van der Waals surface area (Å²) in [4.78, 5) is 12.8. The van der Waals surface area contributed by atoms with E-state index in [1.54, 1.807) is 18.7 Å². The lowest BCUT2D eigenvalue weighted by Gasteiger charge is -2.07. The number of para-hydroxylation sites is 1. The molecule has 0 fully saturated rings. The van der Waals surface area contributed by atoms with E-state index in [1.165, 1.54) is 0 Å². The first kappa shape index (κ1) is 16.1. The molecule has 1 aromatic carbocycles. The van der Waals surface area contributed by atoms with Crippen LogP contribution in [0.15, 0.2) is 55.1 Å². The summed E-state index contributed by atoms with van der Waals surface area (Å²) in [6, 6.07) is 11.7. The van der Waals surface area contributed by atoms with Gasteiger partial charge >= 0.3 is 0 Å². The van der Waals surface area contributed by atoms with Crippen LogP contribution in [0.5, 0.6) is 0 Å². The standard InChI is InChI=1S/C20H17N5O/c21-20-18-19(16-5-1-2-6-17(16)24-20)25(14-23-18)11-13-26-12-3-4-15-7-9-22-10-8-15/h1-2,5-10,14H,11-13H2,(H2,21,24). The molecule has 0 aliphatic rings. The van der Waals surface area contributed by atoms with Crippen LogP contribution < -0.4 is 5.73 Å². The smallest absolute Gasteiger partial charge is 0.152 e. The largest absolute Gasteiger partial charge is 0.382 e. The summed E-state index contributed by atoms with van der Waals surface area (Å²) in [7, 11) is 0. The quantitative estimate of drug-likeness (QED) is 0.455. The van der Waals surface area contributed by atoms with Gasteiger partial charge in [-0.2, -0.15) is 0 Å². The van der Waals surface area contributed by atoms with Gasteiger partial charge in [-0.05, 0) is 18.2 Å². The third kappa shape index (κ3) is 3.21. The number of pyridine rings is 2. The van der Waals surface area contributed by atoms with E-state index in [4.69, 9.17) is 10.5 Å². The number of nitrogen functional groups attached to an aromatic ring is 1. The normalized spacial score (nSPS) is 10.8. The van der Waals surface area contributed by atoms with Gasteiger partial charge in [-0.15, -0.1) is 0 Å². The zero-order chi connectivity index (χ0) is 17.8. The Morgan fingerprint density at radius 1 is 1.12 bits per heavy atom. The lowest BCUT2D eigenvalue weighted by atomic mass is 10.2. The van der Waals surface area contributed by atoms with Crippen molar-refractivity contribution in [1.29, 1.82) is 0 Å². The lowest BCUT2D eigenvalue weighted by molar-refractivity contribution is 0.158. The van der Waals surface area contributed by atoms with Gasteiger partial charge in [-0.25, -0.2) is 9.97 Å². The van der Waals surface area contributed by atoms with E-state index >= 15 is 0 Å². The van der Waals surface area contributed by atoms with E-state index in [1.807, 2.05) is 41.0 Å². The predicted octanol–water partition coefficient (Wildman–Crippen LogP) is 2.63. The molecule has 128 valence electrons. The van der Waals surface area contributed by atoms with Crippen LogP contribution in [0.4, 0.5) is 5.82 Å². The molecule has 0 spiro atoms. The molecule has 0 bridgehead atoms. The van der Waals surface area contributed by atoms with Crippen LogP contribution in [-0.4, -0.2) is 32.7 Å². The second-order valence-electron chi connectivity index (χ2n) is 5.74. The molecule has 0 unspecified atom stereocenters. The van der Waals surface area contributed by atoms with Crippen molar-refractivity contribution in [3.8, 4) is 11.8 Å². The first-order valence-corrected chi connectivity index (χ1v) is 8.28. The Bertz CT molecular complexity index is 1110. The number of nitrogens with zero attached hydrogens (tertiary/aromatic N) is 4. The topological polar surface area (TPSA) is 78.8 Å². The number of fused-ring (bicyclic) bond motifs is 3. The molecule has 0 saturated carbocycles. The highest BCUT2D eigenvalue weighted by atomic mass is 16.5. The Balaban J connectivity index is 1.46. The Labute approximate surface area is 150 Å². The van der Waals surface area contributed by atoms with Gasteiger partial charge in [-0.1, -0.05) is 30.0 Å². The van der Waals surface area contributed by atoms with Crippen LogP contribution in [-0.2, 0) is 11.3 Å². The van der Waals surface area contributed by atoms with Crippen molar-refractivity contribution in [3.63, 3.8) is 0 Å². The predicted molar refractivity (Wildman–Crippen MR) is 101 cm³/mol. The Kier molecular flexibility index (Phi) is 4.46. The first-order chi connectivity index (χ1) is 12.8. The zero-order valence-electron chi connectivity index (χ0n) is 14.1.